The Balaban J connectivity index is 2.28. The van der Waals surface area contributed by atoms with Crippen molar-refractivity contribution >= 4 is 56.5 Å². The Morgan fingerprint density at radius 3 is 2.39 bits per heavy atom. The van der Waals surface area contributed by atoms with Crippen LogP contribution in [0.3, 0.4) is 0 Å². The molecule has 0 heterocycles. The SMILES string of the molecule is COC(=O)c1cccc(NC(=O)CN(c2ccc(Cl)c(Cl)c2)S(C)(=O)=O)c1C. The lowest BCUT2D eigenvalue weighted by Gasteiger charge is -2.22. The summed E-state index contributed by atoms with van der Waals surface area (Å²) in [5.74, 6) is -1.14. The van der Waals surface area contributed by atoms with Crippen LogP contribution in [-0.2, 0) is 19.6 Å². The van der Waals surface area contributed by atoms with E-state index in [2.05, 4.69) is 5.32 Å². The van der Waals surface area contributed by atoms with Gasteiger partial charge in [-0.3, -0.25) is 9.10 Å². The summed E-state index contributed by atoms with van der Waals surface area (Å²) in [5.41, 5.74) is 1.37. The fourth-order valence-corrected chi connectivity index (χ4v) is 3.60. The van der Waals surface area contributed by atoms with Crippen molar-refractivity contribution in [1.82, 2.24) is 0 Å². The predicted octanol–water partition coefficient (Wildman–Crippen LogP) is 3.49. The number of carbonyl (C=O) groups is 2. The Labute approximate surface area is 173 Å². The number of carbonyl (C=O) groups excluding carboxylic acids is 2. The van der Waals surface area contributed by atoms with Crippen molar-refractivity contribution < 1.29 is 22.7 Å². The van der Waals surface area contributed by atoms with E-state index in [1.165, 1.54) is 25.3 Å². The molecule has 0 radical (unpaired) electrons. The number of methoxy groups -OCH3 is 1. The van der Waals surface area contributed by atoms with Crippen molar-refractivity contribution in [3.63, 3.8) is 0 Å². The Bertz CT molecular complexity index is 1020. The standard InChI is InChI=1S/C18H18Cl2N2O5S/c1-11-13(18(24)27-2)5-4-6-16(11)21-17(23)10-22(28(3,25)26)12-7-8-14(19)15(20)9-12/h4-9H,10H2,1-3H3,(H,21,23). The summed E-state index contributed by atoms with van der Waals surface area (Å²) in [4.78, 5) is 24.3. The van der Waals surface area contributed by atoms with Crippen molar-refractivity contribution in [2.24, 2.45) is 0 Å². The van der Waals surface area contributed by atoms with E-state index in [1.54, 1.807) is 25.1 Å². The molecule has 0 fully saturated rings. The monoisotopic (exact) mass is 444 g/mol. The number of nitrogens with one attached hydrogen (secondary N) is 1. The van der Waals surface area contributed by atoms with E-state index in [9.17, 15) is 18.0 Å². The first-order valence-electron chi connectivity index (χ1n) is 7.95. The van der Waals surface area contributed by atoms with Crippen LogP contribution in [0.15, 0.2) is 36.4 Å². The lowest BCUT2D eigenvalue weighted by atomic mass is 10.1. The van der Waals surface area contributed by atoms with Crippen LogP contribution in [0.5, 0.6) is 0 Å². The van der Waals surface area contributed by atoms with E-state index in [-0.39, 0.29) is 15.7 Å². The van der Waals surface area contributed by atoms with E-state index in [0.717, 1.165) is 10.6 Å². The summed E-state index contributed by atoms with van der Waals surface area (Å²) in [6.45, 7) is 1.16. The van der Waals surface area contributed by atoms with E-state index in [1.807, 2.05) is 0 Å². The molecule has 0 aromatic heterocycles. The maximum absolute atomic E-state index is 12.5. The molecule has 2 aromatic rings. The minimum absolute atomic E-state index is 0.162. The number of amides is 1. The van der Waals surface area contributed by atoms with Gasteiger partial charge in [-0.1, -0.05) is 29.3 Å². The number of anilines is 2. The van der Waals surface area contributed by atoms with Crippen LogP contribution in [0.25, 0.3) is 0 Å². The van der Waals surface area contributed by atoms with Gasteiger partial charge in [-0.2, -0.15) is 0 Å². The molecule has 1 amide bonds. The summed E-state index contributed by atoms with van der Waals surface area (Å²) in [5, 5.41) is 3.04. The normalized spacial score (nSPS) is 11.0. The molecule has 1 N–H and O–H groups in total. The molecular formula is C18H18Cl2N2O5S. The molecular weight excluding hydrogens is 427 g/mol. The summed E-state index contributed by atoms with van der Waals surface area (Å²) in [7, 11) is -2.52. The fraction of sp³-hybridized carbons (Fsp3) is 0.222. The molecule has 0 bridgehead atoms. The van der Waals surface area contributed by atoms with Crippen LogP contribution in [0.1, 0.15) is 15.9 Å². The minimum Gasteiger partial charge on any atom is -0.465 e. The van der Waals surface area contributed by atoms with Crippen LogP contribution in [-0.4, -0.2) is 40.2 Å². The number of halogens is 2. The molecule has 0 saturated heterocycles. The first-order valence-corrected chi connectivity index (χ1v) is 10.6. The Kier molecular flexibility index (Phi) is 6.92. The molecule has 2 rings (SSSR count). The first-order chi connectivity index (χ1) is 13.0. The third-order valence-electron chi connectivity index (χ3n) is 3.89. The van der Waals surface area contributed by atoms with E-state index in [0.29, 0.717) is 16.8 Å². The maximum Gasteiger partial charge on any atom is 0.338 e. The number of sulfonamides is 1. The molecule has 7 nitrogen and oxygen atoms in total. The Hall–Kier alpha value is -2.29. The molecule has 0 atom stereocenters. The third kappa shape index (κ3) is 5.15. The highest BCUT2D eigenvalue weighted by Crippen LogP contribution is 2.28. The molecule has 0 unspecified atom stereocenters. The van der Waals surface area contributed by atoms with Gasteiger partial charge in [-0.25, -0.2) is 13.2 Å². The van der Waals surface area contributed by atoms with Gasteiger partial charge >= 0.3 is 5.97 Å². The summed E-state index contributed by atoms with van der Waals surface area (Å²) in [6.07, 6.45) is 0.978. The number of ether oxygens (including phenoxy) is 1. The zero-order valence-electron chi connectivity index (χ0n) is 15.3. The average Bonchev–Trinajstić information content (AvgIpc) is 2.62. The van der Waals surface area contributed by atoms with Gasteiger partial charge < -0.3 is 10.1 Å². The molecule has 0 aliphatic heterocycles. The van der Waals surface area contributed by atoms with Crippen LogP contribution in [0, 0.1) is 6.92 Å². The smallest absolute Gasteiger partial charge is 0.338 e. The highest BCUT2D eigenvalue weighted by atomic mass is 35.5. The topological polar surface area (TPSA) is 92.8 Å². The Morgan fingerprint density at radius 2 is 1.82 bits per heavy atom. The van der Waals surface area contributed by atoms with Crippen LogP contribution < -0.4 is 9.62 Å². The number of rotatable bonds is 6. The van der Waals surface area contributed by atoms with Crippen LogP contribution >= 0.6 is 23.2 Å². The molecule has 28 heavy (non-hydrogen) atoms. The number of hydrogen-bond acceptors (Lipinski definition) is 5. The zero-order chi connectivity index (χ0) is 21.1. The highest BCUT2D eigenvalue weighted by Gasteiger charge is 2.22. The van der Waals surface area contributed by atoms with Crippen molar-refractivity contribution in [3.05, 3.63) is 57.6 Å². The fourth-order valence-electron chi connectivity index (χ4n) is 2.46. The lowest BCUT2D eigenvalue weighted by molar-refractivity contribution is -0.114. The molecule has 2 aromatic carbocycles. The number of esters is 1. The molecule has 0 aliphatic carbocycles. The van der Waals surface area contributed by atoms with Crippen molar-refractivity contribution in [1.29, 1.82) is 0 Å². The summed E-state index contributed by atoms with van der Waals surface area (Å²) < 4.78 is 30.0. The van der Waals surface area contributed by atoms with Gasteiger partial charge in [0.2, 0.25) is 15.9 Å². The van der Waals surface area contributed by atoms with Crippen molar-refractivity contribution in [2.45, 2.75) is 6.92 Å². The third-order valence-corrected chi connectivity index (χ3v) is 5.77. The van der Waals surface area contributed by atoms with E-state index in [4.69, 9.17) is 27.9 Å². The van der Waals surface area contributed by atoms with E-state index < -0.39 is 28.4 Å². The van der Waals surface area contributed by atoms with Gasteiger partial charge in [-0.05, 0) is 42.8 Å². The van der Waals surface area contributed by atoms with Gasteiger partial charge in [-0.15, -0.1) is 0 Å². The first kappa shape index (κ1) is 22.0. The van der Waals surface area contributed by atoms with Crippen LogP contribution in [0.2, 0.25) is 10.0 Å². The van der Waals surface area contributed by atoms with Gasteiger partial charge in [0.1, 0.15) is 6.54 Å². The maximum atomic E-state index is 12.5. The lowest BCUT2D eigenvalue weighted by Crippen LogP contribution is -2.37. The summed E-state index contributed by atoms with van der Waals surface area (Å²) >= 11 is 11.8. The minimum atomic E-state index is -3.77. The quantitative estimate of drug-likeness (QED) is 0.688. The van der Waals surface area contributed by atoms with Crippen molar-refractivity contribution in [2.75, 3.05) is 29.5 Å². The second kappa shape index (κ2) is 8.81. The molecule has 10 heteroatoms. The van der Waals surface area contributed by atoms with Gasteiger partial charge in [0, 0.05) is 5.69 Å². The molecule has 150 valence electrons. The van der Waals surface area contributed by atoms with E-state index >= 15 is 0 Å². The largest absolute Gasteiger partial charge is 0.465 e. The number of hydrogen-bond donors (Lipinski definition) is 1. The average molecular weight is 445 g/mol. The van der Waals surface area contributed by atoms with Gasteiger partial charge in [0.15, 0.2) is 0 Å². The highest BCUT2D eigenvalue weighted by molar-refractivity contribution is 7.92. The van der Waals surface area contributed by atoms with Gasteiger partial charge in [0.25, 0.3) is 0 Å². The second-order valence-electron chi connectivity index (χ2n) is 5.89. The van der Waals surface area contributed by atoms with Crippen LogP contribution in [0.4, 0.5) is 11.4 Å². The number of benzene rings is 2. The Morgan fingerprint density at radius 1 is 1.14 bits per heavy atom. The predicted molar refractivity (Wildman–Crippen MR) is 110 cm³/mol. The zero-order valence-corrected chi connectivity index (χ0v) is 17.7. The number of nitrogens with zero attached hydrogens (tertiary/aromatic N) is 1. The summed E-state index contributed by atoms with van der Waals surface area (Å²) in [6, 6.07) is 9.01. The second-order valence-corrected chi connectivity index (χ2v) is 8.61. The molecule has 0 saturated carbocycles. The molecule has 0 spiro atoms. The van der Waals surface area contributed by atoms with Gasteiger partial charge in [0.05, 0.1) is 34.7 Å². The molecule has 0 aliphatic rings. The van der Waals surface area contributed by atoms with Crippen molar-refractivity contribution in [3.8, 4) is 0 Å².